The zero-order valence-corrected chi connectivity index (χ0v) is 15.8. The molecule has 3 nitrogen and oxygen atoms in total. The monoisotopic (exact) mass is 373 g/mol. The van der Waals surface area contributed by atoms with E-state index in [0.717, 1.165) is 17.0 Å². The maximum atomic E-state index is 6.30. The van der Waals surface area contributed by atoms with E-state index in [-0.39, 0.29) is 6.04 Å². The molecule has 134 valence electrons. The standard InChI is InChI=1S/C23H20ClN3/c1-16-7-13-20(14-8-16)25-22-15-21(26-27-23(22)24)19-11-9-18(10-12-19)17-5-3-2-4-6-17/h2-14,22,25H,15H2,1H3. The molecule has 4 rings (SSSR count). The van der Waals surface area contributed by atoms with Gasteiger partial charge < -0.3 is 5.32 Å². The van der Waals surface area contributed by atoms with Gasteiger partial charge in [0.1, 0.15) is 0 Å². The fourth-order valence-corrected chi connectivity index (χ4v) is 3.29. The summed E-state index contributed by atoms with van der Waals surface area (Å²) in [5, 5.41) is 12.4. The third-order valence-corrected chi connectivity index (χ3v) is 5.01. The molecule has 0 spiro atoms. The second-order valence-corrected chi connectivity index (χ2v) is 7.07. The van der Waals surface area contributed by atoms with E-state index in [1.807, 2.05) is 18.2 Å². The van der Waals surface area contributed by atoms with E-state index in [4.69, 9.17) is 11.6 Å². The van der Waals surface area contributed by atoms with Crippen LogP contribution in [0.2, 0.25) is 0 Å². The molecule has 0 fully saturated rings. The number of aryl methyl sites for hydroxylation is 1. The Kier molecular flexibility index (Phi) is 5.03. The van der Waals surface area contributed by atoms with E-state index in [1.54, 1.807) is 0 Å². The van der Waals surface area contributed by atoms with Gasteiger partial charge in [-0.05, 0) is 35.7 Å². The molecule has 1 aliphatic rings. The minimum Gasteiger partial charge on any atom is -0.375 e. The Bertz CT molecular complexity index is 974. The Morgan fingerprint density at radius 3 is 2.11 bits per heavy atom. The van der Waals surface area contributed by atoms with Crippen molar-refractivity contribution in [3.63, 3.8) is 0 Å². The van der Waals surface area contributed by atoms with Gasteiger partial charge in [0, 0.05) is 12.1 Å². The lowest BCUT2D eigenvalue weighted by atomic mass is 9.98. The number of anilines is 1. The summed E-state index contributed by atoms with van der Waals surface area (Å²) in [6.07, 6.45) is 0.695. The molecule has 3 aromatic carbocycles. The molecular formula is C23H20ClN3. The highest BCUT2D eigenvalue weighted by molar-refractivity contribution is 6.67. The number of halogens is 1. The molecule has 27 heavy (non-hydrogen) atoms. The molecule has 0 saturated heterocycles. The summed E-state index contributed by atoms with van der Waals surface area (Å²) < 4.78 is 0. The molecule has 0 saturated carbocycles. The van der Waals surface area contributed by atoms with E-state index in [1.165, 1.54) is 16.7 Å². The molecule has 1 unspecified atom stereocenters. The van der Waals surface area contributed by atoms with Crippen LogP contribution in [0.15, 0.2) is 89.1 Å². The van der Waals surface area contributed by atoms with E-state index < -0.39 is 0 Å². The smallest absolute Gasteiger partial charge is 0.151 e. The molecule has 0 amide bonds. The van der Waals surface area contributed by atoms with E-state index in [0.29, 0.717) is 11.6 Å². The summed E-state index contributed by atoms with van der Waals surface area (Å²) in [7, 11) is 0. The number of nitrogens with zero attached hydrogens (tertiary/aromatic N) is 2. The van der Waals surface area contributed by atoms with Crippen molar-refractivity contribution >= 4 is 28.2 Å². The largest absolute Gasteiger partial charge is 0.375 e. The Hall–Kier alpha value is -2.91. The maximum absolute atomic E-state index is 6.30. The van der Waals surface area contributed by atoms with Crippen LogP contribution in [-0.2, 0) is 0 Å². The first-order chi connectivity index (χ1) is 13.2. The van der Waals surface area contributed by atoms with Gasteiger partial charge in [0.2, 0.25) is 0 Å². The summed E-state index contributed by atoms with van der Waals surface area (Å²) in [6, 6.07) is 27.0. The molecule has 0 bridgehead atoms. The minimum absolute atomic E-state index is 0.0735. The summed E-state index contributed by atoms with van der Waals surface area (Å²) in [4.78, 5) is 0. The Labute approximate surface area is 164 Å². The fraction of sp³-hybridized carbons (Fsp3) is 0.130. The van der Waals surface area contributed by atoms with Crippen LogP contribution in [0, 0.1) is 6.92 Å². The molecule has 4 heteroatoms. The van der Waals surface area contributed by atoms with Gasteiger partial charge in [-0.15, -0.1) is 5.10 Å². The topological polar surface area (TPSA) is 36.8 Å². The van der Waals surface area contributed by atoms with Crippen LogP contribution in [0.3, 0.4) is 0 Å². The van der Waals surface area contributed by atoms with Crippen LogP contribution in [-0.4, -0.2) is 16.9 Å². The van der Waals surface area contributed by atoms with Gasteiger partial charge in [0.05, 0.1) is 11.8 Å². The van der Waals surface area contributed by atoms with Crippen molar-refractivity contribution < 1.29 is 0 Å². The molecular weight excluding hydrogens is 354 g/mol. The number of hydrogen-bond acceptors (Lipinski definition) is 3. The van der Waals surface area contributed by atoms with Gasteiger partial charge in [-0.3, -0.25) is 0 Å². The predicted molar refractivity (Wildman–Crippen MR) is 115 cm³/mol. The first-order valence-corrected chi connectivity index (χ1v) is 9.36. The zero-order valence-electron chi connectivity index (χ0n) is 15.1. The lowest BCUT2D eigenvalue weighted by molar-refractivity contribution is 0.933. The van der Waals surface area contributed by atoms with Crippen LogP contribution in [0.4, 0.5) is 5.69 Å². The van der Waals surface area contributed by atoms with Crippen LogP contribution < -0.4 is 5.32 Å². The summed E-state index contributed by atoms with van der Waals surface area (Å²) in [6.45, 7) is 2.07. The highest BCUT2D eigenvalue weighted by Gasteiger charge is 2.22. The fourth-order valence-electron chi connectivity index (χ4n) is 3.12. The predicted octanol–water partition coefficient (Wildman–Crippen LogP) is 5.89. The molecule has 1 atom stereocenters. The third-order valence-electron chi connectivity index (χ3n) is 4.67. The molecule has 1 heterocycles. The highest BCUT2D eigenvalue weighted by atomic mass is 35.5. The van der Waals surface area contributed by atoms with Crippen LogP contribution >= 0.6 is 11.6 Å². The lowest BCUT2D eigenvalue weighted by Gasteiger charge is -2.22. The number of nitrogens with one attached hydrogen (secondary N) is 1. The average molecular weight is 374 g/mol. The lowest BCUT2D eigenvalue weighted by Crippen LogP contribution is -2.31. The van der Waals surface area contributed by atoms with Crippen molar-refractivity contribution in [1.29, 1.82) is 0 Å². The zero-order chi connectivity index (χ0) is 18.6. The summed E-state index contributed by atoms with van der Waals surface area (Å²) >= 11 is 6.30. The van der Waals surface area contributed by atoms with Crippen molar-refractivity contribution in [2.24, 2.45) is 10.2 Å². The van der Waals surface area contributed by atoms with Crippen LogP contribution in [0.1, 0.15) is 17.5 Å². The quantitative estimate of drug-likeness (QED) is 0.608. The second kappa shape index (κ2) is 7.77. The van der Waals surface area contributed by atoms with Crippen molar-refractivity contribution in [2.45, 2.75) is 19.4 Å². The Morgan fingerprint density at radius 2 is 1.41 bits per heavy atom. The van der Waals surface area contributed by atoms with Crippen LogP contribution in [0.5, 0.6) is 0 Å². The maximum Gasteiger partial charge on any atom is 0.151 e. The molecule has 0 aliphatic carbocycles. The molecule has 3 aromatic rings. The highest BCUT2D eigenvalue weighted by Crippen LogP contribution is 2.23. The van der Waals surface area contributed by atoms with E-state index in [9.17, 15) is 0 Å². The normalized spacial score (nSPS) is 16.4. The Morgan fingerprint density at radius 1 is 0.778 bits per heavy atom. The minimum atomic E-state index is -0.0735. The van der Waals surface area contributed by atoms with Gasteiger partial charge in [0.15, 0.2) is 5.17 Å². The molecule has 0 aromatic heterocycles. The molecule has 1 N–H and O–H groups in total. The van der Waals surface area contributed by atoms with Gasteiger partial charge in [0.25, 0.3) is 0 Å². The van der Waals surface area contributed by atoms with Gasteiger partial charge in [-0.2, -0.15) is 5.10 Å². The Balaban J connectivity index is 1.51. The van der Waals surface area contributed by atoms with Crippen LogP contribution in [0.25, 0.3) is 11.1 Å². The third kappa shape index (κ3) is 4.09. The van der Waals surface area contributed by atoms with Crippen molar-refractivity contribution in [2.75, 3.05) is 5.32 Å². The summed E-state index contributed by atoms with van der Waals surface area (Å²) in [5.41, 5.74) is 6.65. The van der Waals surface area contributed by atoms with Crippen molar-refractivity contribution in [1.82, 2.24) is 0 Å². The second-order valence-electron chi connectivity index (χ2n) is 6.68. The van der Waals surface area contributed by atoms with Crippen molar-refractivity contribution in [3.05, 3.63) is 90.0 Å². The van der Waals surface area contributed by atoms with E-state index >= 15 is 0 Å². The van der Waals surface area contributed by atoms with Gasteiger partial charge >= 0.3 is 0 Å². The first-order valence-electron chi connectivity index (χ1n) is 8.98. The van der Waals surface area contributed by atoms with Gasteiger partial charge in [-0.1, -0.05) is 83.9 Å². The van der Waals surface area contributed by atoms with E-state index in [2.05, 4.69) is 83.1 Å². The van der Waals surface area contributed by atoms with Gasteiger partial charge in [-0.25, -0.2) is 0 Å². The first kappa shape index (κ1) is 17.5. The van der Waals surface area contributed by atoms with Crippen molar-refractivity contribution in [3.8, 4) is 11.1 Å². The SMILES string of the molecule is Cc1ccc(NC2CC(c3ccc(-c4ccccc4)cc3)=NN=C2Cl)cc1. The molecule has 0 radical (unpaired) electrons. The molecule has 1 aliphatic heterocycles. The number of hydrogen-bond donors (Lipinski definition) is 1. The number of benzene rings is 3. The number of rotatable bonds is 4. The summed E-state index contributed by atoms with van der Waals surface area (Å²) in [5.74, 6) is 0. The average Bonchev–Trinajstić information content (AvgIpc) is 2.72.